The van der Waals surface area contributed by atoms with Crippen LogP contribution in [0.1, 0.15) is 16.8 Å². The predicted octanol–water partition coefficient (Wildman–Crippen LogP) is -0.0712. The molecule has 2 unspecified atom stereocenters. The second-order valence-electron chi connectivity index (χ2n) is 4.32. The maximum Gasteiger partial charge on any atom is 0.326 e. The van der Waals surface area contributed by atoms with Crippen LogP contribution in [-0.4, -0.2) is 45.7 Å². The molecule has 6 nitrogen and oxygen atoms in total. The Labute approximate surface area is 104 Å². The molecule has 2 rings (SSSR count). The smallest absolute Gasteiger partial charge is 0.326 e. The van der Waals surface area contributed by atoms with Gasteiger partial charge in [0.1, 0.15) is 6.04 Å². The predicted molar refractivity (Wildman–Crippen MR) is 63.9 cm³/mol. The lowest BCUT2D eigenvalue weighted by Gasteiger charge is -2.21. The second-order valence-corrected chi connectivity index (χ2v) is 4.32. The van der Waals surface area contributed by atoms with E-state index < -0.39 is 24.0 Å². The highest BCUT2D eigenvalue weighted by molar-refractivity contribution is 5.97. The van der Waals surface area contributed by atoms with Crippen LogP contribution in [0, 0.1) is 0 Å². The average Bonchev–Trinajstić information content (AvgIpc) is 2.71. The van der Waals surface area contributed by atoms with Gasteiger partial charge in [-0.15, -0.1) is 0 Å². The van der Waals surface area contributed by atoms with Gasteiger partial charge in [0.05, 0.1) is 6.10 Å². The number of amides is 1. The van der Waals surface area contributed by atoms with Gasteiger partial charge in [-0.2, -0.15) is 0 Å². The summed E-state index contributed by atoms with van der Waals surface area (Å²) in [6, 6.07) is 5.28. The van der Waals surface area contributed by atoms with E-state index >= 15 is 0 Å². The first kappa shape index (κ1) is 12.4. The number of likely N-dealkylation sites (tertiary alicyclic amines) is 1. The third-order valence-corrected chi connectivity index (χ3v) is 2.98. The van der Waals surface area contributed by atoms with Crippen molar-refractivity contribution in [3.8, 4) is 0 Å². The van der Waals surface area contributed by atoms with Crippen molar-refractivity contribution < 1.29 is 19.8 Å². The number of carboxylic acids is 1. The van der Waals surface area contributed by atoms with E-state index in [1.54, 1.807) is 24.3 Å². The summed E-state index contributed by atoms with van der Waals surface area (Å²) in [5.41, 5.74) is 6.41. The number of nitrogens with zero attached hydrogens (tertiary/aromatic N) is 1. The van der Waals surface area contributed by atoms with Crippen molar-refractivity contribution in [2.75, 3.05) is 12.3 Å². The lowest BCUT2D eigenvalue weighted by Crippen LogP contribution is -2.40. The van der Waals surface area contributed by atoms with Crippen LogP contribution in [0.2, 0.25) is 0 Å². The van der Waals surface area contributed by atoms with Crippen LogP contribution in [0.25, 0.3) is 0 Å². The Hall–Kier alpha value is -2.08. The molecule has 0 radical (unpaired) electrons. The third-order valence-electron chi connectivity index (χ3n) is 2.98. The first-order valence-electron chi connectivity index (χ1n) is 5.56. The Morgan fingerprint density at radius 3 is 2.44 bits per heavy atom. The number of aliphatic hydroxyl groups excluding tert-OH is 1. The van der Waals surface area contributed by atoms with Gasteiger partial charge >= 0.3 is 5.97 Å². The van der Waals surface area contributed by atoms with E-state index in [0.717, 1.165) is 0 Å². The van der Waals surface area contributed by atoms with Crippen LogP contribution in [0.3, 0.4) is 0 Å². The molecule has 96 valence electrons. The number of carboxylic acid groups (broad SMARTS) is 1. The fourth-order valence-corrected chi connectivity index (χ4v) is 2.06. The number of nitrogen functional groups attached to an aromatic ring is 1. The first-order chi connectivity index (χ1) is 8.49. The number of hydrogen-bond acceptors (Lipinski definition) is 4. The van der Waals surface area contributed by atoms with E-state index in [2.05, 4.69) is 0 Å². The molecule has 1 aromatic rings. The SMILES string of the molecule is Nc1ccc(C(=O)N2CC(O)CC2C(=O)O)cc1. The van der Waals surface area contributed by atoms with Crippen LogP contribution in [0.4, 0.5) is 5.69 Å². The molecule has 1 heterocycles. The molecule has 18 heavy (non-hydrogen) atoms. The molecule has 1 aliphatic rings. The number of hydrogen-bond donors (Lipinski definition) is 3. The Kier molecular flexibility index (Phi) is 3.20. The summed E-state index contributed by atoms with van der Waals surface area (Å²) in [5.74, 6) is -1.51. The molecule has 1 amide bonds. The highest BCUT2D eigenvalue weighted by Crippen LogP contribution is 2.21. The zero-order valence-electron chi connectivity index (χ0n) is 9.61. The fraction of sp³-hybridized carbons (Fsp3) is 0.333. The standard InChI is InChI=1S/C12H14N2O4/c13-8-3-1-7(2-4-8)11(16)14-6-9(15)5-10(14)12(17)18/h1-4,9-10,15H,5-6,13H2,(H,17,18). The fourth-order valence-electron chi connectivity index (χ4n) is 2.06. The number of nitrogens with two attached hydrogens (primary N) is 1. The number of carbonyl (C=O) groups excluding carboxylic acids is 1. The van der Waals surface area contributed by atoms with Gasteiger partial charge in [0, 0.05) is 24.2 Å². The van der Waals surface area contributed by atoms with E-state index in [0.29, 0.717) is 11.3 Å². The number of carbonyl (C=O) groups is 2. The summed E-state index contributed by atoms with van der Waals surface area (Å²) in [6.45, 7) is 0.0418. The minimum atomic E-state index is -1.10. The summed E-state index contributed by atoms with van der Waals surface area (Å²) < 4.78 is 0. The van der Waals surface area contributed by atoms with Crippen LogP contribution in [0.15, 0.2) is 24.3 Å². The second kappa shape index (κ2) is 4.66. The number of rotatable bonds is 2. The molecular formula is C12H14N2O4. The van der Waals surface area contributed by atoms with Gasteiger partial charge in [-0.1, -0.05) is 0 Å². The number of aliphatic carboxylic acids is 1. The van der Waals surface area contributed by atoms with Gasteiger partial charge in [0.25, 0.3) is 5.91 Å². The Balaban J connectivity index is 2.22. The topological polar surface area (TPSA) is 104 Å². The van der Waals surface area contributed by atoms with Crippen LogP contribution in [0.5, 0.6) is 0 Å². The van der Waals surface area contributed by atoms with Crippen molar-refractivity contribution in [1.29, 1.82) is 0 Å². The Morgan fingerprint density at radius 2 is 1.89 bits per heavy atom. The quantitative estimate of drug-likeness (QED) is 0.637. The van der Waals surface area contributed by atoms with Crippen LogP contribution in [-0.2, 0) is 4.79 Å². The van der Waals surface area contributed by atoms with E-state index in [9.17, 15) is 14.7 Å². The van der Waals surface area contributed by atoms with Crippen molar-refractivity contribution in [3.05, 3.63) is 29.8 Å². The van der Waals surface area contributed by atoms with Crippen molar-refractivity contribution in [2.24, 2.45) is 0 Å². The van der Waals surface area contributed by atoms with Crippen molar-refractivity contribution >= 4 is 17.6 Å². The molecular weight excluding hydrogens is 236 g/mol. The average molecular weight is 250 g/mol. The van der Waals surface area contributed by atoms with Gasteiger partial charge in [-0.3, -0.25) is 4.79 Å². The molecule has 2 atom stereocenters. The Morgan fingerprint density at radius 1 is 1.28 bits per heavy atom. The zero-order valence-corrected chi connectivity index (χ0v) is 9.61. The highest BCUT2D eigenvalue weighted by Gasteiger charge is 2.39. The van der Waals surface area contributed by atoms with Gasteiger partial charge < -0.3 is 20.8 Å². The van der Waals surface area contributed by atoms with E-state index in [1.807, 2.05) is 0 Å². The molecule has 1 fully saturated rings. The summed E-state index contributed by atoms with van der Waals surface area (Å²) in [5, 5.41) is 18.5. The summed E-state index contributed by atoms with van der Waals surface area (Å²) in [7, 11) is 0. The zero-order chi connectivity index (χ0) is 13.3. The van der Waals surface area contributed by atoms with Gasteiger partial charge in [0.15, 0.2) is 0 Å². The first-order valence-corrected chi connectivity index (χ1v) is 5.56. The van der Waals surface area contributed by atoms with Crippen LogP contribution < -0.4 is 5.73 Å². The minimum Gasteiger partial charge on any atom is -0.480 e. The maximum atomic E-state index is 12.1. The minimum absolute atomic E-state index is 0.0418. The summed E-state index contributed by atoms with van der Waals surface area (Å²) >= 11 is 0. The van der Waals surface area contributed by atoms with Crippen molar-refractivity contribution in [1.82, 2.24) is 4.90 Å². The summed E-state index contributed by atoms with van der Waals surface area (Å²) in [4.78, 5) is 24.3. The van der Waals surface area contributed by atoms with E-state index in [4.69, 9.17) is 10.8 Å². The largest absolute Gasteiger partial charge is 0.480 e. The molecule has 1 saturated heterocycles. The molecule has 1 aromatic carbocycles. The van der Waals surface area contributed by atoms with Crippen LogP contribution >= 0.6 is 0 Å². The summed E-state index contributed by atoms with van der Waals surface area (Å²) in [6.07, 6.45) is -0.723. The molecule has 6 heteroatoms. The molecule has 1 aliphatic heterocycles. The molecule has 0 aliphatic carbocycles. The molecule has 0 aromatic heterocycles. The number of aliphatic hydroxyl groups is 1. The van der Waals surface area contributed by atoms with E-state index in [1.165, 1.54) is 4.90 Å². The molecule has 0 spiro atoms. The van der Waals surface area contributed by atoms with Gasteiger partial charge in [-0.25, -0.2) is 4.79 Å². The normalized spacial score (nSPS) is 23.1. The number of anilines is 1. The highest BCUT2D eigenvalue weighted by atomic mass is 16.4. The number of β-amino-alcohol motifs (C(OH)–C–C–N with tert-alkyl or cyclic N) is 1. The lowest BCUT2D eigenvalue weighted by atomic mass is 10.1. The lowest BCUT2D eigenvalue weighted by molar-refractivity contribution is -0.141. The van der Waals surface area contributed by atoms with Crippen molar-refractivity contribution in [3.63, 3.8) is 0 Å². The Bertz CT molecular complexity index is 471. The number of benzene rings is 1. The van der Waals surface area contributed by atoms with Crippen molar-refractivity contribution in [2.45, 2.75) is 18.6 Å². The van der Waals surface area contributed by atoms with Gasteiger partial charge in [-0.05, 0) is 24.3 Å². The van der Waals surface area contributed by atoms with E-state index in [-0.39, 0.29) is 13.0 Å². The monoisotopic (exact) mass is 250 g/mol. The molecule has 0 bridgehead atoms. The maximum absolute atomic E-state index is 12.1. The van der Waals surface area contributed by atoms with Gasteiger partial charge in [0.2, 0.25) is 0 Å². The molecule has 4 N–H and O–H groups in total. The molecule has 0 saturated carbocycles. The third kappa shape index (κ3) is 2.28.